The van der Waals surface area contributed by atoms with E-state index < -0.39 is 5.60 Å². The minimum atomic E-state index is -0.689. The maximum absolute atomic E-state index is 11.2. The lowest BCUT2D eigenvalue weighted by atomic mass is 9.75. The number of aliphatic hydroxyl groups is 1. The molecular formula is C30H21BrN4O3. The van der Waals surface area contributed by atoms with Gasteiger partial charge < -0.3 is 15.1 Å². The second-order valence-corrected chi connectivity index (χ2v) is 10.1. The van der Waals surface area contributed by atoms with Gasteiger partial charge in [0.1, 0.15) is 6.07 Å². The number of aromatic nitrogens is 2. The highest BCUT2D eigenvalue weighted by molar-refractivity contribution is 9.10. The van der Waals surface area contributed by atoms with Gasteiger partial charge in [-0.25, -0.2) is 0 Å². The molecule has 186 valence electrons. The highest BCUT2D eigenvalue weighted by Gasteiger charge is 2.35. The van der Waals surface area contributed by atoms with Crippen LogP contribution in [0.2, 0.25) is 0 Å². The third kappa shape index (κ3) is 4.41. The quantitative estimate of drug-likeness (QED) is 0.214. The fraction of sp³-hybridized carbons (Fsp3) is 0.133. The molecule has 1 aliphatic carbocycles. The summed E-state index contributed by atoms with van der Waals surface area (Å²) >= 11 is 3.27. The summed E-state index contributed by atoms with van der Waals surface area (Å²) < 4.78 is 0.704. The Bertz CT molecular complexity index is 1780. The molecule has 0 bridgehead atoms. The van der Waals surface area contributed by atoms with E-state index in [1.165, 1.54) is 0 Å². The molecule has 2 aromatic heterocycles. The molecule has 0 atom stereocenters. The van der Waals surface area contributed by atoms with Crippen molar-refractivity contribution in [3.05, 3.63) is 93.2 Å². The number of benzene rings is 3. The van der Waals surface area contributed by atoms with E-state index >= 15 is 0 Å². The zero-order chi connectivity index (χ0) is 26.9. The van der Waals surface area contributed by atoms with Gasteiger partial charge in [-0.3, -0.25) is 9.59 Å². The molecule has 0 saturated heterocycles. The molecule has 0 unspecified atom stereocenters. The van der Waals surface area contributed by atoms with Crippen LogP contribution in [0.1, 0.15) is 56.7 Å². The first kappa shape index (κ1) is 25.2. The van der Waals surface area contributed by atoms with Gasteiger partial charge in [0.05, 0.1) is 22.8 Å². The van der Waals surface area contributed by atoms with Crippen LogP contribution in [-0.2, 0) is 5.60 Å². The van der Waals surface area contributed by atoms with E-state index in [0.29, 0.717) is 26.7 Å². The average molecular weight is 565 g/mol. The number of nitrogens with zero attached hydrogens (tertiary/aromatic N) is 2. The van der Waals surface area contributed by atoms with Crippen molar-refractivity contribution in [1.82, 2.24) is 9.97 Å². The fourth-order valence-electron chi connectivity index (χ4n) is 4.73. The van der Waals surface area contributed by atoms with E-state index in [-0.39, 0.29) is 0 Å². The number of aldehydes is 2. The SMILES string of the molecule is N#Cc1cc2[nH]cc(C=O)c2cc1-c1ccc(C2(O)CCC2)cc1.N#Cc1cc2[nH]cc(C=O)c2cc1Br. The summed E-state index contributed by atoms with van der Waals surface area (Å²) in [6.07, 6.45) is 7.53. The van der Waals surface area contributed by atoms with Gasteiger partial charge in [-0.05, 0) is 70.6 Å². The van der Waals surface area contributed by atoms with Crippen molar-refractivity contribution < 1.29 is 14.7 Å². The first-order valence-electron chi connectivity index (χ1n) is 11.9. The summed E-state index contributed by atoms with van der Waals surface area (Å²) in [6.45, 7) is 0. The Labute approximate surface area is 226 Å². The van der Waals surface area contributed by atoms with Crippen molar-refractivity contribution in [2.24, 2.45) is 0 Å². The predicted molar refractivity (Wildman–Crippen MR) is 148 cm³/mol. The van der Waals surface area contributed by atoms with Gasteiger partial charge in [-0.15, -0.1) is 0 Å². The van der Waals surface area contributed by atoms with Crippen LogP contribution in [-0.4, -0.2) is 27.6 Å². The number of H-pyrrole nitrogens is 2. The minimum absolute atomic E-state index is 0.553. The molecular weight excluding hydrogens is 544 g/mol. The Hall–Kier alpha value is -4.50. The molecule has 0 radical (unpaired) electrons. The zero-order valence-corrected chi connectivity index (χ0v) is 21.7. The van der Waals surface area contributed by atoms with Gasteiger partial charge in [-0.1, -0.05) is 24.3 Å². The first-order chi connectivity index (χ1) is 18.4. The van der Waals surface area contributed by atoms with Crippen molar-refractivity contribution in [1.29, 1.82) is 10.5 Å². The molecule has 1 aliphatic rings. The van der Waals surface area contributed by atoms with Gasteiger partial charge in [0.25, 0.3) is 0 Å². The van der Waals surface area contributed by atoms with E-state index in [0.717, 1.165) is 70.3 Å². The Morgan fingerprint density at radius 1 is 0.842 bits per heavy atom. The monoisotopic (exact) mass is 564 g/mol. The molecule has 7 nitrogen and oxygen atoms in total. The van der Waals surface area contributed by atoms with E-state index in [9.17, 15) is 20.0 Å². The van der Waals surface area contributed by atoms with Crippen LogP contribution in [0.4, 0.5) is 0 Å². The second-order valence-electron chi connectivity index (χ2n) is 9.23. The summed E-state index contributed by atoms with van der Waals surface area (Å²) in [5, 5.41) is 30.3. The highest BCUT2D eigenvalue weighted by atomic mass is 79.9. The van der Waals surface area contributed by atoms with E-state index in [1.54, 1.807) is 30.6 Å². The van der Waals surface area contributed by atoms with Crippen LogP contribution < -0.4 is 0 Å². The van der Waals surface area contributed by atoms with E-state index in [4.69, 9.17) is 5.26 Å². The predicted octanol–water partition coefficient (Wildman–Crippen LogP) is 6.51. The third-order valence-electron chi connectivity index (χ3n) is 7.06. The van der Waals surface area contributed by atoms with Crippen molar-refractivity contribution in [3.8, 4) is 23.3 Å². The largest absolute Gasteiger partial charge is 0.385 e. The second kappa shape index (κ2) is 10.1. The Balaban J connectivity index is 0.000000179. The van der Waals surface area contributed by atoms with Crippen molar-refractivity contribution in [3.63, 3.8) is 0 Å². The molecule has 0 spiro atoms. The number of hydrogen-bond donors (Lipinski definition) is 3. The molecule has 6 rings (SSSR count). The zero-order valence-electron chi connectivity index (χ0n) is 20.1. The normalized spacial score (nSPS) is 13.6. The summed E-state index contributed by atoms with van der Waals surface area (Å²) in [5.41, 5.74) is 5.79. The summed E-state index contributed by atoms with van der Waals surface area (Å²) in [5.74, 6) is 0. The van der Waals surface area contributed by atoms with Gasteiger partial charge in [-0.2, -0.15) is 10.5 Å². The lowest BCUT2D eigenvalue weighted by Crippen LogP contribution is -2.33. The number of halogens is 1. The topological polar surface area (TPSA) is 134 Å². The lowest BCUT2D eigenvalue weighted by molar-refractivity contribution is -0.0387. The molecule has 2 heterocycles. The molecule has 0 aliphatic heterocycles. The number of nitriles is 2. The van der Waals surface area contributed by atoms with E-state index in [2.05, 4.69) is 38.0 Å². The summed E-state index contributed by atoms with van der Waals surface area (Å²) in [6, 6.07) is 19.1. The van der Waals surface area contributed by atoms with Crippen LogP contribution in [0.5, 0.6) is 0 Å². The van der Waals surface area contributed by atoms with Crippen LogP contribution in [0, 0.1) is 22.7 Å². The summed E-state index contributed by atoms with van der Waals surface area (Å²) in [4.78, 5) is 27.8. The van der Waals surface area contributed by atoms with Gasteiger partial charge >= 0.3 is 0 Å². The van der Waals surface area contributed by atoms with Crippen molar-refractivity contribution in [2.45, 2.75) is 24.9 Å². The Kier molecular flexibility index (Phi) is 6.69. The lowest BCUT2D eigenvalue weighted by Gasteiger charge is -2.37. The van der Waals surface area contributed by atoms with Crippen LogP contribution >= 0.6 is 15.9 Å². The standard InChI is InChI=1S/C20H16N2O2.C10H5BrN2O/c21-10-14-8-19-18(15(12-23)11-22-19)9-17(14)13-2-4-16(5-3-13)20(24)6-1-7-20;11-9-2-8-7(5-14)4-13-10(8)1-6(9)3-12/h2-5,8-9,11-12,22,24H,1,6-7H2;1-2,4-5,13H. The van der Waals surface area contributed by atoms with Crippen LogP contribution in [0.3, 0.4) is 0 Å². The molecule has 3 N–H and O–H groups in total. The molecule has 5 aromatic rings. The number of fused-ring (bicyclic) bond motifs is 2. The smallest absolute Gasteiger partial charge is 0.152 e. The average Bonchev–Trinajstić information content (AvgIpc) is 3.53. The number of hydrogen-bond acceptors (Lipinski definition) is 5. The maximum atomic E-state index is 11.2. The molecule has 8 heteroatoms. The molecule has 1 fully saturated rings. The number of rotatable bonds is 4. The molecule has 3 aromatic carbocycles. The maximum Gasteiger partial charge on any atom is 0.152 e. The molecule has 38 heavy (non-hydrogen) atoms. The highest BCUT2D eigenvalue weighted by Crippen LogP contribution is 2.41. The number of aromatic amines is 2. The van der Waals surface area contributed by atoms with Gasteiger partial charge in [0.2, 0.25) is 0 Å². The number of carbonyl (C=O) groups is 2. The van der Waals surface area contributed by atoms with Crippen molar-refractivity contribution in [2.75, 3.05) is 0 Å². The van der Waals surface area contributed by atoms with Gasteiger partial charge in [0, 0.05) is 55.4 Å². The van der Waals surface area contributed by atoms with Crippen molar-refractivity contribution >= 4 is 50.3 Å². The number of carbonyl (C=O) groups excluding carboxylic acids is 2. The summed E-state index contributed by atoms with van der Waals surface area (Å²) in [7, 11) is 0. The van der Waals surface area contributed by atoms with Crippen LogP contribution in [0.15, 0.2) is 65.4 Å². The fourth-order valence-corrected chi connectivity index (χ4v) is 5.16. The van der Waals surface area contributed by atoms with E-state index in [1.807, 2.05) is 30.3 Å². The molecule has 1 saturated carbocycles. The minimum Gasteiger partial charge on any atom is -0.385 e. The molecule has 0 amide bonds. The van der Waals surface area contributed by atoms with Crippen LogP contribution in [0.25, 0.3) is 32.9 Å². The van der Waals surface area contributed by atoms with Gasteiger partial charge in [0.15, 0.2) is 12.6 Å². The Morgan fingerprint density at radius 3 is 1.89 bits per heavy atom. The number of nitrogens with one attached hydrogen (secondary N) is 2. The first-order valence-corrected chi connectivity index (χ1v) is 12.7. The third-order valence-corrected chi connectivity index (χ3v) is 7.72. The Morgan fingerprint density at radius 2 is 1.39 bits per heavy atom.